The first-order valence-corrected chi connectivity index (χ1v) is 7.13. The molecule has 0 aliphatic rings. The summed E-state index contributed by atoms with van der Waals surface area (Å²) in [5.41, 5.74) is 0. The van der Waals surface area contributed by atoms with E-state index in [1.165, 1.54) is 44.9 Å². The summed E-state index contributed by atoms with van der Waals surface area (Å²) in [7, 11) is 0. The van der Waals surface area contributed by atoms with E-state index in [2.05, 4.69) is 26.1 Å². The van der Waals surface area contributed by atoms with Gasteiger partial charge in [-0.25, -0.2) is 0 Å². The summed E-state index contributed by atoms with van der Waals surface area (Å²) in [4.78, 5) is 0. The van der Waals surface area contributed by atoms with Crippen molar-refractivity contribution in [3.05, 3.63) is 0 Å². The minimum absolute atomic E-state index is 0.435. The van der Waals surface area contributed by atoms with E-state index in [0.29, 0.717) is 6.10 Å². The SMILES string of the molecule is CCCCCCC(C)OCCNCCCC. The zero-order valence-corrected chi connectivity index (χ0v) is 11.6. The van der Waals surface area contributed by atoms with Gasteiger partial charge in [0.1, 0.15) is 0 Å². The van der Waals surface area contributed by atoms with E-state index >= 15 is 0 Å². The smallest absolute Gasteiger partial charge is 0.0594 e. The molecule has 2 heteroatoms. The molecule has 0 radical (unpaired) electrons. The highest BCUT2D eigenvalue weighted by Crippen LogP contribution is 2.07. The molecule has 2 nitrogen and oxygen atoms in total. The lowest BCUT2D eigenvalue weighted by atomic mass is 10.1. The first kappa shape index (κ1) is 15.9. The molecule has 0 bridgehead atoms. The van der Waals surface area contributed by atoms with Gasteiger partial charge in [0.25, 0.3) is 0 Å². The third kappa shape index (κ3) is 12.0. The fourth-order valence-corrected chi connectivity index (χ4v) is 1.70. The molecule has 0 rings (SSSR count). The number of ether oxygens (including phenoxy) is 1. The first-order chi connectivity index (χ1) is 7.81. The standard InChI is InChI=1S/C14H31NO/c1-4-6-8-9-10-14(3)16-13-12-15-11-7-5-2/h14-15H,4-13H2,1-3H3. The van der Waals surface area contributed by atoms with E-state index in [1.54, 1.807) is 0 Å². The number of hydrogen-bond acceptors (Lipinski definition) is 2. The molecule has 1 atom stereocenters. The van der Waals surface area contributed by atoms with Gasteiger partial charge in [0.15, 0.2) is 0 Å². The Morgan fingerprint density at radius 2 is 1.69 bits per heavy atom. The predicted octanol–water partition coefficient (Wildman–Crippen LogP) is 3.75. The van der Waals surface area contributed by atoms with Crippen LogP contribution in [0, 0.1) is 0 Å². The topological polar surface area (TPSA) is 21.3 Å². The quantitative estimate of drug-likeness (QED) is 0.515. The van der Waals surface area contributed by atoms with E-state index in [0.717, 1.165) is 19.7 Å². The van der Waals surface area contributed by atoms with Gasteiger partial charge in [-0.2, -0.15) is 0 Å². The molecule has 1 unspecified atom stereocenters. The highest BCUT2D eigenvalue weighted by Gasteiger charge is 2.00. The highest BCUT2D eigenvalue weighted by molar-refractivity contribution is 4.53. The Balaban J connectivity index is 3.08. The van der Waals surface area contributed by atoms with Crippen LogP contribution in [-0.2, 0) is 4.74 Å². The average molecular weight is 229 g/mol. The van der Waals surface area contributed by atoms with Crippen molar-refractivity contribution in [3.8, 4) is 0 Å². The molecule has 0 aliphatic heterocycles. The Bertz CT molecular complexity index is 128. The van der Waals surface area contributed by atoms with E-state index in [1.807, 2.05) is 0 Å². The van der Waals surface area contributed by atoms with Gasteiger partial charge in [0.2, 0.25) is 0 Å². The van der Waals surface area contributed by atoms with Gasteiger partial charge in [0.05, 0.1) is 12.7 Å². The first-order valence-electron chi connectivity index (χ1n) is 7.13. The van der Waals surface area contributed by atoms with Crippen LogP contribution in [0.15, 0.2) is 0 Å². The van der Waals surface area contributed by atoms with Crippen LogP contribution in [-0.4, -0.2) is 25.8 Å². The van der Waals surface area contributed by atoms with Gasteiger partial charge in [-0.3, -0.25) is 0 Å². The monoisotopic (exact) mass is 229 g/mol. The van der Waals surface area contributed by atoms with Crippen LogP contribution in [0.3, 0.4) is 0 Å². The summed E-state index contributed by atoms with van der Waals surface area (Å²) in [6.45, 7) is 9.65. The molecular weight excluding hydrogens is 198 g/mol. The minimum atomic E-state index is 0.435. The molecule has 0 saturated carbocycles. The van der Waals surface area contributed by atoms with Gasteiger partial charge >= 0.3 is 0 Å². The van der Waals surface area contributed by atoms with Crippen molar-refractivity contribution in [1.29, 1.82) is 0 Å². The van der Waals surface area contributed by atoms with Gasteiger partial charge in [-0.05, 0) is 26.3 Å². The Morgan fingerprint density at radius 1 is 0.938 bits per heavy atom. The summed E-state index contributed by atoms with van der Waals surface area (Å²) >= 11 is 0. The fraction of sp³-hybridized carbons (Fsp3) is 1.00. The van der Waals surface area contributed by atoms with Crippen LogP contribution >= 0.6 is 0 Å². The molecule has 0 heterocycles. The maximum Gasteiger partial charge on any atom is 0.0594 e. The number of hydrogen-bond donors (Lipinski definition) is 1. The molecule has 98 valence electrons. The molecule has 0 saturated heterocycles. The van der Waals surface area contributed by atoms with Crippen molar-refractivity contribution in [3.63, 3.8) is 0 Å². The molecule has 0 aromatic rings. The maximum atomic E-state index is 5.74. The molecule has 0 amide bonds. The third-order valence-corrected chi connectivity index (χ3v) is 2.85. The van der Waals surface area contributed by atoms with Crippen molar-refractivity contribution < 1.29 is 4.74 Å². The fourth-order valence-electron chi connectivity index (χ4n) is 1.70. The van der Waals surface area contributed by atoms with Crippen LogP contribution in [0.25, 0.3) is 0 Å². The van der Waals surface area contributed by atoms with Gasteiger partial charge in [0, 0.05) is 6.54 Å². The van der Waals surface area contributed by atoms with Gasteiger partial charge in [-0.15, -0.1) is 0 Å². The lowest BCUT2D eigenvalue weighted by Crippen LogP contribution is -2.23. The summed E-state index contributed by atoms with van der Waals surface area (Å²) in [5.74, 6) is 0. The lowest BCUT2D eigenvalue weighted by Gasteiger charge is -2.13. The van der Waals surface area contributed by atoms with Crippen LogP contribution in [0.5, 0.6) is 0 Å². The Labute approximate surface area is 102 Å². The van der Waals surface area contributed by atoms with E-state index in [4.69, 9.17) is 4.74 Å². The second-order valence-electron chi connectivity index (χ2n) is 4.63. The van der Waals surface area contributed by atoms with Crippen LogP contribution < -0.4 is 5.32 Å². The molecular formula is C14H31NO. The Morgan fingerprint density at radius 3 is 2.38 bits per heavy atom. The minimum Gasteiger partial charge on any atom is -0.377 e. The number of unbranched alkanes of at least 4 members (excludes halogenated alkanes) is 4. The van der Waals surface area contributed by atoms with Crippen molar-refractivity contribution in [2.24, 2.45) is 0 Å². The third-order valence-electron chi connectivity index (χ3n) is 2.85. The Kier molecular flexibility index (Phi) is 12.9. The molecule has 0 aromatic carbocycles. The van der Waals surface area contributed by atoms with E-state index in [-0.39, 0.29) is 0 Å². The van der Waals surface area contributed by atoms with E-state index in [9.17, 15) is 0 Å². The van der Waals surface area contributed by atoms with Crippen LogP contribution in [0.4, 0.5) is 0 Å². The summed E-state index contributed by atoms with van der Waals surface area (Å²) < 4.78 is 5.74. The van der Waals surface area contributed by atoms with Gasteiger partial charge < -0.3 is 10.1 Å². The molecule has 0 fully saturated rings. The number of rotatable bonds is 12. The largest absolute Gasteiger partial charge is 0.377 e. The highest BCUT2D eigenvalue weighted by atomic mass is 16.5. The van der Waals surface area contributed by atoms with Crippen LogP contribution in [0.2, 0.25) is 0 Å². The second-order valence-corrected chi connectivity index (χ2v) is 4.63. The van der Waals surface area contributed by atoms with E-state index < -0.39 is 0 Å². The summed E-state index contributed by atoms with van der Waals surface area (Å²) in [5, 5.41) is 3.39. The van der Waals surface area contributed by atoms with Crippen molar-refractivity contribution >= 4 is 0 Å². The number of nitrogens with one attached hydrogen (secondary N) is 1. The van der Waals surface area contributed by atoms with Crippen molar-refractivity contribution in [2.45, 2.75) is 71.8 Å². The normalized spacial score (nSPS) is 12.9. The molecule has 16 heavy (non-hydrogen) atoms. The van der Waals surface area contributed by atoms with Gasteiger partial charge in [-0.1, -0.05) is 46.0 Å². The predicted molar refractivity (Wildman–Crippen MR) is 72.0 cm³/mol. The summed E-state index contributed by atoms with van der Waals surface area (Å²) in [6, 6.07) is 0. The zero-order chi connectivity index (χ0) is 12.1. The van der Waals surface area contributed by atoms with Crippen molar-refractivity contribution in [1.82, 2.24) is 5.32 Å². The second kappa shape index (κ2) is 13.0. The summed E-state index contributed by atoms with van der Waals surface area (Å²) in [6.07, 6.45) is 9.55. The Hall–Kier alpha value is -0.0800. The molecule has 0 aliphatic carbocycles. The molecule has 1 N–H and O–H groups in total. The lowest BCUT2D eigenvalue weighted by molar-refractivity contribution is 0.0605. The maximum absolute atomic E-state index is 5.74. The average Bonchev–Trinajstić information content (AvgIpc) is 2.29. The molecule has 0 aromatic heterocycles. The van der Waals surface area contributed by atoms with Crippen molar-refractivity contribution in [2.75, 3.05) is 19.7 Å². The van der Waals surface area contributed by atoms with Crippen LogP contribution in [0.1, 0.15) is 65.7 Å². The zero-order valence-electron chi connectivity index (χ0n) is 11.6. The molecule has 0 spiro atoms.